The third-order valence-electron chi connectivity index (χ3n) is 4.23. The largest absolute Gasteiger partial charge is 0.462 e. The summed E-state index contributed by atoms with van der Waals surface area (Å²) in [7, 11) is 0. The van der Waals surface area contributed by atoms with E-state index >= 15 is 0 Å². The summed E-state index contributed by atoms with van der Waals surface area (Å²) in [6, 6.07) is -0.837. The van der Waals surface area contributed by atoms with E-state index in [0.29, 0.717) is 0 Å². The van der Waals surface area contributed by atoms with E-state index < -0.39 is 47.8 Å². The summed E-state index contributed by atoms with van der Waals surface area (Å²) in [6.45, 7) is 3.14. The lowest BCUT2D eigenvalue weighted by Crippen LogP contribution is -2.40. The lowest BCUT2D eigenvalue weighted by atomic mass is 10.1. The van der Waals surface area contributed by atoms with Crippen molar-refractivity contribution in [3.05, 3.63) is 38.1 Å². The van der Waals surface area contributed by atoms with Gasteiger partial charge in [-0.05, 0) is 12.0 Å². The summed E-state index contributed by atoms with van der Waals surface area (Å²) in [6.07, 6.45) is -2.91. The van der Waals surface area contributed by atoms with Crippen molar-refractivity contribution in [1.29, 1.82) is 0 Å². The number of carbonyl (C=O) groups excluding carboxylic acids is 1. The molecule has 1 aromatic rings. The number of nitrogens with two attached hydrogens (primary N) is 1. The maximum absolute atomic E-state index is 12.0. The summed E-state index contributed by atoms with van der Waals surface area (Å²) >= 11 is 5.45. The van der Waals surface area contributed by atoms with Crippen molar-refractivity contribution in [2.75, 3.05) is 6.61 Å². The quantitative estimate of drug-likeness (QED) is 0.424. The Hall–Kier alpha value is -1.69. The van der Waals surface area contributed by atoms with Gasteiger partial charge in [-0.15, -0.1) is 12.4 Å². The van der Waals surface area contributed by atoms with Gasteiger partial charge in [0, 0.05) is 11.7 Å². The van der Waals surface area contributed by atoms with Crippen molar-refractivity contribution in [2.24, 2.45) is 11.7 Å². The van der Waals surface area contributed by atoms with Crippen LogP contribution in [0.4, 0.5) is 0 Å². The molecular formula is C16H23Cl2N3O7. The molecule has 0 amide bonds. The molecule has 2 rings (SSSR count). The molecule has 5 unspecified atom stereocenters. The molecule has 0 spiro atoms. The third-order valence-corrected chi connectivity index (χ3v) is 4.36. The van der Waals surface area contributed by atoms with Crippen LogP contribution in [0.3, 0.4) is 0 Å². The third kappa shape index (κ3) is 5.22. The van der Waals surface area contributed by atoms with E-state index in [1.54, 1.807) is 13.8 Å². The van der Waals surface area contributed by atoms with Gasteiger partial charge in [-0.1, -0.05) is 25.4 Å². The van der Waals surface area contributed by atoms with Crippen LogP contribution in [0.25, 0.3) is 6.08 Å². The second-order valence-electron chi connectivity index (χ2n) is 6.49. The Morgan fingerprint density at radius 2 is 2.07 bits per heavy atom. The van der Waals surface area contributed by atoms with Gasteiger partial charge in [-0.25, -0.2) is 4.79 Å². The summed E-state index contributed by atoms with van der Waals surface area (Å²) in [5.41, 5.74) is 5.30. The molecule has 1 aromatic heterocycles. The highest BCUT2D eigenvalue weighted by molar-refractivity contribution is 6.27. The first-order chi connectivity index (χ1) is 12.7. The average molecular weight is 440 g/mol. The van der Waals surface area contributed by atoms with Gasteiger partial charge >= 0.3 is 11.7 Å². The molecule has 0 aromatic carbocycles. The number of H-pyrrole nitrogens is 1. The highest BCUT2D eigenvalue weighted by Crippen LogP contribution is 2.28. The zero-order chi connectivity index (χ0) is 20.3. The molecule has 12 heteroatoms. The molecule has 158 valence electrons. The fraction of sp³-hybridized carbons (Fsp3) is 0.562. The van der Waals surface area contributed by atoms with Crippen molar-refractivity contribution in [3.63, 3.8) is 0 Å². The number of aromatic amines is 1. The van der Waals surface area contributed by atoms with Crippen molar-refractivity contribution in [2.45, 2.75) is 44.4 Å². The number of nitrogens with one attached hydrogen (secondary N) is 1. The molecule has 1 saturated heterocycles. The lowest BCUT2D eigenvalue weighted by molar-refractivity contribution is -0.152. The predicted molar refractivity (Wildman–Crippen MR) is 103 cm³/mol. The molecule has 5 atom stereocenters. The molecular weight excluding hydrogens is 417 g/mol. The van der Waals surface area contributed by atoms with Crippen LogP contribution >= 0.6 is 24.0 Å². The number of ether oxygens (including phenoxy) is 2. The Labute approximate surface area is 171 Å². The van der Waals surface area contributed by atoms with E-state index in [2.05, 4.69) is 4.98 Å². The van der Waals surface area contributed by atoms with Crippen LogP contribution in [0.15, 0.2) is 21.3 Å². The molecule has 5 N–H and O–H groups in total. The number of aromatic nitrogens is 2. The smallest absolute Gasteiger partial charge is 0.330 e. The number of nitrogens with zero attached hydrogens (tertiary/aromatic N) is 1. The van der Waals surface area contributed by atoms with Gasteiger partial charge in [-0.2, -0.15) is 0 Å². The minimum absolute atomic E-state index is 0. The molecule has 10 nitrogen and oxygen atoms in total. The monoisotopic (exact) mass is 439 g/mol. The van der Waals surface area contributed by atoms with Crippen LogP contribution in [-0.4, -0.2) is 56.7 Å². The van der Waals surface area contributed by atoms with E-state index in [-0.39, 0.29) is 30.5 Å². The van der Waals surface area contributed by atoms with Gasteiger partial charge in [0.15, 0.2) is 6.23 Å². The Balaban J connectivity index is 0.00000392. The average Bonchev–Trinajstić information content (AvgIpc) is 2.89. The van der Waals surface area contributed by atoms with Gasteiger partial charge in [-0.3, -0.25) is 19.1 Å². The van der Waals surface area contributed by atoms with E-state index in [4.69, 9.17) is 26.8 Å². The standard InChI is InChI=1S/C16H22ClN3O7.ClH/c1-7(2)10(18)15(24)26-6-9-11(21)12(22)14(27-9)20-5-8(3-4-17)13(23)19-16(20)25;/h3-5,7,9-12,14,21-22H,6,18H2,1-2H3,(H,19,23,25);1H/b4-3+;. The number of esters is 1. The molecule has 0 bridgehead atoms. The Morgan fingerprint density at radius 1 is 1.43 bits per heavy atom. The van der Waals surface area contributed by atoms with Crippen LogP contribution in [0.2, 0.25) is 0 Å². The first-order valence-corrected chi connectivity index (χ1v) is 8.67. The topological polar surface area (TPSA) is 157 Å². The van der Waals surface area contributed by atoms with Crippen LogP contribution in [0.5, 0.6) is 0 Å². The van der Waals surface area contributed by atoms with E-state index in [9.17, 15) is 24.6 Å². The number of carbonyl (C=O) groups is 1. The molecule has 0 radical (unpaired) electrons. The summed E-state index contributed by atoms with van der Waals surface area (Å²) in [5, 5.41) is 20.4. The fourth-order valence-corrected chi connectivity index (χ4v) is 2.64. The number of aliphatic hydroxyl groups excluding tert-OH is 2. The number of aliphatic hydroxyl groups is 2. The fourth-order valence-electron chi connectivity index (χ4n) is 2.51. The minimum atomic E-state index is -1.50. The van der Waals surface area contributed by atoms with Gasteiger partial charge in [0.25, 0.3) is 5.56 Å². The summed E-state index contributed by atoms with van der Waals surface area (Å²) < 4.78 is 11.4. The predicted octanol–water partition coefficient (Wildman–Crippen LogP) is -0.686. The van der Waals surface area contributed by atoms with Crippen LogP contribution in [-0.2, 0) is 14.3 Å². The maximum atomic E-state index is 12.0. The van der Waals surface area contributed by atoms with Gasteiger partial charge < -0.3 is 25.4 Å². The van der Waals surface area contributed by atoms with Crippen LogP contribution in [0.1, 0.15) is 25.6 Å². The van der Waals surface area contributed by atoms with Crippen molar-refractivity contribution in [3.8, 4) is 0 Å². The molecule has 1 aliphatic rings. The number of rotatable bonds is 6. The normalized spacial score (nSPS) is 25.7. The first-order valence-electron chi connectivity index (χ1n) is 8.23. The van der Waals surface area contributed by atoms with Crippen LogP contribution < -0.4 is 17.0 Å². The summed E-state index contributed by atoms with van der Waals surface area (Å²) in [4.78, 5) is 37.6. The molecule has 1 fully saturated rings. The highest BCUT2D eigenvalue weighted by atomic mass is 35.5. The number of hydrogen-bond donors (Lipinski definition) is 4. The second kappa shape index (κ2) is 10.2. The molecule has 2 heterocycles. The van der Waals surface area contributed by atoms with Gasteiger partial charge in [0.05, 0.1) is 5.56 Å². The Morgan fingerprint density at radius 3 is 2.64 bits per heavy atom. The molecule has 28 heavy (non-hydrogen) atoms. The SMILES string of the molecule is CC(C)C(N)C(=O)OCC1OC(n2cc(/C=C/Cl)c(=O)[nH]c2=O)C(O)C1O.Cl. The van der Waals surface area contributed by atoms with Crippen molar-refractivity contribution < 1.29 is 24.5 Å². The van der Waals surface area contributed by atoms with E-state index in [0.717, 1.165) is 16.3 Å². The minimum Gasteiger partial charge on any atom is -0.462 e. The second-order valence-corrected chi connectivity index (χ2v) is 6.74. The van der Waals surface area contributed by atoms with Crippen molar-refractivity contribution in [1.82, 2.24) is 9.55 Å². The zero-order valence-electron chi connectivity index (χ0n) is 15.1. The number of halogens is 2. The van der Waals surface area contributed by atoms with E-state index in [1.807, 2.05) is 0 Å². The first kappa shape index (κ1) is 24.3. The van der Waals surface area contributed by atoms with Crippen LogP contribution in [0, 0.1) is 5.92 Å². The molecule has 1 aliphatic heterocycles. The maximum Gasteiger partial charge on any atom is 0.330 e. The molecule has 0 aliphatic carbocycles. The summed E-state index contributed by atoms with van der Waals surface area (Å²) in [5.74, 6) is -0.812. The lowest BCUT2D eigenvalue weighted by Gasteiger charge is -2.18. The Kier molecular flexibility index (Phi) is 8.86. The number of hydrogen-bond acceptors (Lipinski definition) is 8. The van der Waals surface area contributed by atoms with Gasteiger partial charge in [0.1, 0.15) is 31.0 Å². The Bertz CT molecular complexity index is 823. The van der Waals surface area contributed by atoms with Crippen molar-refractivity contribution >= 4 is 36.1 Å². The highest BCUT2D eigenvalue weighted by Gasteiger charge is 2.45. The van der Waals surface area contributed by atoms with E-state index in [1.165, 1.54) is 6.08 Å². The molecule has 0 saturated carbocycles. The zero-order valence-corrected chi connectivity index (χ0v) is 16.7. The van der Waals surface area contributed by atoms with Gasteiger partial charge in [0.2, 0.25) is 0 Å².